The van der Waals surface area contributed by atoms with E-state index in [4.69, 9.17) is 4.52 Å². The van der Waals surface area contributed by atoms with Crippen LogP contribution in [0.4, 0.5) is 17.3 Å². The van der Waals surface area contributed by atoms with Crippen LogP contribution in [0.1, 0.15) is 25.7 Å². The first-order valence-corrected chi connectivity index (χ1v) is 9.91. The van der Waals surface area contributed by atoms with Crippen molar-refractivity contribution in [3.63, 3.8) is 0 Å². The van der Waals surface area contributed by atoms with Gasteiger partial charge >= 0.3 is 0 Å². The largest absolute Gasteiger partial charge is 0.387 e. The van der Waals surface area contributed by atoms with Crippen molar-refractivity contribution >= 4 is 28.4 Å². The summed E-state index contributed by atoms with van der Waals surface area (Å²) in [6, 6.07) is 5.37. The van der Waals surface area contributed by atoms with Gasteiger partial charge in [-0.25, -0.2) is 14.6 Å². The third-order valence-corrected chi connectivity index (χ3v) is 4.80. The van der Waals surface area contributed by atoms with Gasteiger partial charge in [0.1, 0.15) is 11.6 Å². The second-order valence-corrected chi connectivity index (χ2v) is 7.32. The molecule has 0 radical (unpaired) electrons. The van der Waals surface area contributed by atoms with E-state index in [0.717, 1.165) is 5.69 Å². The van der Waals surface area contributed by atoms with Crippen molar-refractivity contribution in [1.29, 1.82) is 0 Å². The average Bonchev–Trinajstić information content (AvgIpc) is 3.29. The Bertz CT molecular complexity index is 1310. The number of hydrogen-bond acceptors (Lipinski definition) is 8. The molecule has 4 heterocycles. The molecule has 0 fully saturated rings. The Hall–Kier alpha value is -3.95. The fraction of sp³-hybridized carbons (Fsp3) is 0.286. The summed E-state index contributed by atoms with van der Waals surface area (Å²) in [5.41, 5.74) is 2.00. The van der Waals surface area contributed by atoms with Crippen LogP contribution in [-0.2, 0) is 6.54 Å². The van der Waals surface area contributed by atoms with Gasteiger partial charge in [-0.2, -0.15) is 4.98 Å². The normalized spacial score (nSPS) is 11.3. The number of rotatable bonds is 7. The number of allylic oxidation sites excluding steroid dienone is 1. The van der Waals surface area contributed by atoms with Crippen molar-refractivity contribution in [3.8, 4) is 11.5 Å². The maximum absolute atomic E-state index is 12.8. The van der Waals surface area contributed by atoms with Gasteiger partial charge in [0.25, 0.3) is 11.4 Å². The summed E-state index contributed by atoms with van der Waals surface area (Å²) in [5.74, 6) is 2.10. The second kappa shape index (κ2) is 8.05. The first-order valence-electron chi connectivity index (χ1n) is 9.91. The molecule has 4 aromatic rings. The molecule has 0 amide bonds. The van der Waals surface area contributed by atoms with Crippen molar-refractivity contribution in [2.45, 2.75) is 33.4 Å². The molecule has 0 saturated heterocycles. The second-order valence-electron chi connectivity index (χ2n) is 7.32. The van der Waals surface area contributed by atoms with Gasteiger partial charge in [-0.3, -0.25) is 9.48 Å². The van der Waals surface area contributed by atoms with E-state index in [-0.39, 0.29) is 11.6 Å². The summed E-state index contributed by atoms with van der Waals surface area (Å²) >= 11 is 0. The first-order chi connectivity index (χ1) is 14.9. The van der Waals surface area contributed by atoms with Gasteiger partial charge in [0.05, 0.1) is 23.2 Å². The van der Waals surface area contributed by atoms with E-state index in [1.807, 2.05) is 24.6 Å². The van der Waals surface area contributed by atoms with E-state index in [0.29, 0.717) is 46.5 Å². The molecule has 10 nitrogen and oxygen atoms in total. The lowest BCUT2D eigenvalue weighted by molar-refractivity contribution is 0.425. The van der Waals surface area contributed by atoms with Crippen LogP contribution in [0, 0.1) is 6.92 Å². The van der Waals surface area contributed by atoms with Gasteiger partial charge in [0.15, 0.2) is 11.5 Å². The first kappa shape index (κ1) is 20.3. The van der Waals surface area contributed by atoms with E-state index < -0.39 is 0 Å². The number of pyridine rings is 2. The maximum Gasteiger partial charge on any atom is 0.276 e. The molecule has 0 aliphatic carbocycles. The standard InChI is InChI=1S/C21H24N8O2/c1-6-9-28-19-14(21(30)29(28)12(2)3)7-8-17(26-19)25-18-10-16(22-5)15(11-23-18)20-24-13(4)27-31-20/h6-8,10-12H,1,9H2,2-5H3,(H2,22,23,25,26). The van der Waals surface area contributed by atoms with Crippen LogP contribution in [0.25, 0.3) is 22.5 Å². The van der Waals surface area contributed by atoms with Crippen molar-refractivity contribution in [2.24, 2.45) is 0 Å². The lowest BCUT2D eigenvalue weighted by Crippen LogP contribution is -2.24. The highest BCUT2D eigenvalue weighted by Crippen LogP contribution is 2.28. The van der Waals surface area contributed by atoms with Crippen LogP contribution >= 0.6 is 0 Å². The van der Waals surface area contributed by atoms with E-state index in [1.54, 1.807) is 43.1 Å². The molecule has 0 saturated carbocycles. The SMILES string of the molecule is C=CCn1c2nc(Nc3cc(NC)c(-c4nc(C)no4)cn3)ccc2c(=O)n1C(C)C. The summed E-state index contributed by atoms with van der Waals surface area (Å²) in [6.07, 6.45) is 3.40. The fourth-order valence-corrected chi connectivity index (χ4v) is 3.47. The number of aryl methyl sites for hydroxylation is 1. The van der Waals surface area contributed by atoms with Crippen molar-refractivity contribution < 1.29 is 4.52 Å². The lowest BCUT2D eigenvalue weighted by atomic mass is 10.2. The predicted molar refractivity (Wildman–Crippen MR) is 120 cm³/mol. The van der Waals surface area contributed by atoms with Crippen molar-refractivity contribution in [1.82, 2.24) is 29.5 Å². The van der Waals surface area contributed by atoms with Crippen LogP contribution in [-0.4, -0.2) is 36.5 Å². The van der Waals surface area contributed by atoms with Gasteiger partial charge in [0, 0.05) is 25.4 Å². The Balaban J connectivity index is 1.72. The number of nitrogens with one attached hydrogen (secondary N) is 2. The molecule has 4 rings (SSSR count). The monoisotopic (exact) mass is 420 g/mol. The third kappa shape index (κ3) is 3.67. The van der Waals surface area contributed by atoms with E-state index in [2.05, 4.69) is 37.3 Å². The average molecular weight is 420 g/mol. The van der Waals surface area contributed by atoms with E-state index in [9.17, 15) is 4.79 Å². The Kier molecular flexibility index (Phi) is 5.28. The van der Waals surface area contributed by atoms with Crippen molar-refractivity contribution in [3.05, 3.63) is 53.2 Å². The molecule has 160 valence electrons. The highest BCUT2D eigenvalue weighted by atomic mass is 16.5. The van der Waals surface area contributed by atoms with Gasteiger partial charge in [0.2, 0.25) is 0 Å². The third-order valence-electron chi connectivity index (χ3n) is 4.80. The molecular weight excluding hydrogens is 396 g/mol. The number of nitrogens with zero attached hydrogens (tertiary/aromatic N) is 6. The molecule has 0 unspecified atom stereocenters. The summed E-state index contributed by atoms with van der Waals surface area (Å²) in [7, 11) is 1.80. The Morgan fingerprint density at radius 2 is 2.06 bits per heavy atom. The minimum absolute atomic E-state index is 0.00112. The summed E-state index contributed by atoms with van der Waals surface area (Å²) in [5, 5.41) is 10.7. The zero-order valence-electron chi connectivity index (χ0n) is 17.9. The number of anilines is 3. The quantitative estimate of drug-likeness (QED) is 0.437. The zero-order valence-corrected chi connectivity index (χ0v) is 17.9. The molecular formula is C21H24N8O2. The van der Waals surface area contributed by atoms with Gasteiger partial charge < -0.3 is 15.2 Å². The Labute approximate surface area is 178 Å². The number of fused-ring (bicyclic) bond motifs is 1. The fourth-order valence-electron chi connectivity index (χ4n) is 3.47. The molecule has 0 aromatic carbocycles. The lowest BCUT2D eigenvalue weighted by Gasteiger charge is -2.13. The van der Waals surface area contributed by atoms with Gasteiger partial charge in [-0.05, 0) is 32.9 Å². The smallest absolute Gasteiger partial charge is 0.276 e. The Morgan fingerprint density at radius 1 is 1.26 bits per heavy atom. The number of aromatic nitrogens is 6. The van der Waals surface area contributed by atoms with Crippen LogP contribution in [0.3, 0.4) is 0 Å². The molecule has 0 aliphatic rings. The van der Waals surface area contributed by atoms with Crippen LogP contribution < -0.4 is 16.2 Å². The summed E-state index contributed by atoms with van der Waals surface area (Å²) < 4.78 is 8.79. The van der Waals surface area contributed by atoms with E-state index in [1.165, 1.54) is 0 Å². The molecule has 0 atom stereocenters. The highest BCUT2D eigenvalue weighted by Gasteiger charge is 2.17. The maximum atomic E-state index is 12.8. The molecule has 0 spiro atoms. The molecule has 31 heavy (non-hydrogen) atoms. The van der Waals surface area contributed by atoms with Crippen LogP contribution in [0.15, 0.2) is 46.4 Å². The minimum atomic E-state index is -0.0688. The highest BCUT2D eigenvalue weighted by molar-refractivity contribution is 5.79. The van der Waals surface area contributed by atoms with E-state index >= 15 is 0 Å². The predicted octanol–water partition coefficient (Wildman–Crippen LogP) is 3.50. The molecule has 0 aliphatic heterocycles. The summed E-state index contributed by atoms with van der Waals surface area (Å²) in [6.45, 7) is 9.98. The van der Waals surface area contributed by atoms with Gasteiger partial charge in [-0.15, -0.1) is 6.58 Å². The number of hydrogen-bond donors (Lipinski definition) is 2. The summed E-state index contributed by atoms with van der Waals surface area (Å²) in [4.78, 5) is 26.2. The van der Waals surface area contributed by atoms with Gasteiger partial charge in [-0.1, -0.05) is 11.2 Å². The molecule has 10 heteroatoms. The zero-order chi connectivity index (χ0) is 22.1. The molecule has 4 aromatic heterocycles. The van der Waals surface area contributed by atoms with Crippen LogP contribution in [0.2, 0.25) is 0 Å². The topological polar surface area (TPSA) is 116 Å². The molecule has 0 bridgehead atoms. The van der Waals surface area contributed by atoms with Crippen LogP contribution in [0.5, 0.6) is 0 Å². The molecule has 2 N–H and O–H groups in total. The Morgan fingerprint density at radius 3 is 2.71 bits per heavy atom. The van der Waals surface area contributed by atoms with Crippen molar-refractivity contribution in [2.75, 3.05) is 17.7 Å². The minimum Gasteiger partial charge on any atom is -0.387 e.